The molecule has 0 aliphatic rings. The minimum Gasteiger partial charge on any atom is -0.504 e. The number of carbonyl (C=O) groups excluding carboxylic acids is 1. The zero-order chi connectivity index (χ0) is 13.5. The third-order valence-electron chi connectivity index (χ3n) is 2.42. The van der Waals surface area contributed by atoms with Gasteiger partial charge >= 0.3 is 0 Å². The molecular weight excluding hydrogens is 258 g/mol. The molecule has 0 radical (unpaired) electrons. The van der Waals surface area contributed by atoms with Crippen LogP contribution in [-0.2, 0) is 4.74 Å². The van der Waals surface area contributed by atoms with Crippen LogP contribution >= 0.6 is 11.6 Å². The summed E-state index contributed by atoms with van der Waals surface area (Å²) in [5, 5.41) is 21.6. The standard InChI is InChI=1S/C12H16ClNO4/c1-18-7-8(5-6-13)14-12(17)9-3-2-4-10(15)11(9)16/h2-4,8,15-16H,5-7H2,1H3,(H,14,17). The number of phenols is 2. The van der Waals surface area contributed by atoms with Gasteiger partial charge < -0.3 is 20.3 Å². The normalized spacial score (nSPS) is 12.1. The Morgan fingerprint density at radius 1 is 1.50 bits per heavy atom. The number of aromatic hydroxyl groups is 2. The molecule has 1 unspecified atom stereocenters. The second-order valence-corrected chi connectivity index (χ2v) is 4.15. The lowest BCUT2D eigenvalue weighted by Crippen LogP contribution is -2.38. The summed E-state index contributed by atoms with van der Waals surface area (Å²) >= 11 is 5.62. The van der Waals surface area contributed by atoms with Gasteiger partial charge in [0.05, 0.1) is 18.2 Å². The average Bonchev–Trinajstić information content (AvgIpc) is 2.33. The molecule has 0 aliphatic carbocycles. The van der Waals surface area contributed by atoms with Gasteiger partial charge in [-0.15, -0.1) is 11.6 Å². The van der Waals surface area contributed by atoms with Crippen molar-refractivity contribution in [3.63, 3.8) is 0 Å². The Labute approximate surface area is 110 Å². The number of alkyl halides is 1. The lowest BCUT2D eigenvalue weighted by Gasteiger charge is -2.17. The van der Waals surface area contributed by atoms with E-state index in [2.05, 4.69) is 5.32 Å². The Bertz CT molecular complexity index is 405. The summed E-state index contributed by atoms with van der Waals surface area (Å²) < 4.78 is 4.96. The zero-order valence-electron chi connectivity index (χ0n) is 10.0. The number of carbonyl (C=O) groups is 1. The molecule has 1 rings (SSSR count). The summed E-state index contributed by atoms with van der Waals surface area (Å²) in [6.45, 7) is 0.331. The van der Waals surface area contributed by atoms with Gasteiger partial charge in [0.1, 0.15) is 0 Å². The van der Waals surface area contributed by atoms with Crippen LogP contribution in [0, 0.1) is 0 Å². The van der Waals surface area contributed by atoms with Crippen molar-refractivity contribution in [1.82, 2.24) is 5.32 Å². The average molecular weight is 274 g/mol. The van der Waals surface area contributed by atoms with Gasteiger partial charge in [0.15, 0.2) is 11.5 Å². The van der Waals surface area contributed by atoms with Gasteiger partial charge in [0.2, 0.25) is 0 Å². The molecule has 3 N–H and O–H groups in total. The van der Waals surface area contributed by atoms with Gasteiger partial charge in [-0.3, -0.25) is 4.79 Å². The lowest BCUT2D eigenvalue weighted by molar-refractivity contribution is 0.0892. The molecule has 1 atom stereocenters. The molecule has 6 heteroatoms. The summed E-state index contributed by atoms with van der Waals surface area (Å²) in [6, 6.07) is 3.98. The van der Waals surface area contributed by atoms with Crippen molar-refractivity contribution in [3.8, 4) is 11.5 Å². The third kappa shape index (κ3) is 3.78. The van der Waals surface area contributed by atoms with Crippen molar-refractivity contribution in [2.45, 2.75) is 12.5 Å². The Balaban J connectivity index is 2.77. The number of halogens is 1. The van der Waals surface area contributed by atoms with E-state index in [0.717, 1.165) is 0 Å². The molecule has 0 saturated heterocycles. The van der Waals surface area contributed by atoms with Crippen molar-refractivity contribution in [2.75, 3.05) is 19.6 Å². The van der Waals surface area contributed by atoms with E-state index in [1.807, 2.05) is 0 Å². The SMILES string of the molecule is COCC(CCCl)NC(=O)c1cccc(O)c1O. The van der Waals surface area contributed by atoms with Crippen LogP contribution < -0.4 is 5.32 Å². The highest BCUT2D eigenvalue weighted by Gasteiger charge is 2.17. The first-order valence-electron chi connectivity index (χ1n) is 5.46. The van der Waals surface area contributed by atoms with E-state index >= 15 is 0 Å². The summed E-state index contributed by atoms with van der Waals surface area (Å²) in [5.41, 5.74) is 0.0191. The molecule has 0 heterocycles. The number of benzene rings is 1. The zero-order valence-corrected chi connectivity index (χ0v) is 10.8. The van der Waals surface area contributed by atoms with E-state index in [9.17, 15) is 15.0 Å². The maximum absolute atomic E-state index is 11.9. The lowest BCUT2D eigenvalue weighted by atomic mass is 10.1. The first kappa shape index (κ1) is 14.6. The Kier molecular flexibility index (Phi) is 5.74. The summed E-state index contributed by atoms with van der Waals surface area (Å²) in [7, 11) is 1.53. The number of ether oxygens (including phenoxy) is 1. The van der Waals surface area contributed by atoms with Gasteiger partial charge in [-0.25, -0.2) is 0 Å². The number of hydrogen-bond donors (Lipinski definition) is 3. The van der Waals surface area contributed by atoms with Crippen LogP contribution in [0.15, 0.2) is 18.2 Å². The number of para-hydroxylation sites is 1. The van der Waals surface area contributed by atoms with Gasteiger partial charge in [-0.05, 0) is 18.6 Å². The first-order valence-corrected chi connectivity index (χ1v) is 6.00. The largest absolute Gasteiger partial charge is 0.504 e. The highest BCUT2D eigenvalue weighted by molar-refractivity contribution is 6.17. The molecule has 0 aliphatic heterocycles. The molecule has 0 aromatic heterocycles. The van der Waals surface area contributed by atoms with E-state index in [1.165, 1.54) is 25.3 Å². The minimum atomic E-state index is -0.476. The van der Waals surface area contributed by atoms with Gasteiger partial charge in [0.25, 0.3) is 5.91 Å². The topological polar surface area (TPSA) is 78.8 Å². The van der Waals surface area contributed by atoms with E-state index in [-0.39, 0.29) is 17.4 Å². The highest BCUT2D eigenvalue weighted by Crippen LogP contribution is 2.28. The Hall–Kier alpha value is -1.46. The van der Waals surface area contributed by atoms with Crippen LogP contribution in [0.3, 0.4) is 0 Å². The van der Waals surface area contributed by atoms with E-state index in [1.54, 1.807) is 0 Å². The van der Waals surface area contributed by atoms with Crippen LogP contribution in [0.5, 0.6) is 11.5 Å². The number of nitrogens with one attached hydrogen (secondary N) is 1. The second kappa shape index (κ2) is 7.08. The fraction of sp³-hybridized carbons (Fsp3) is 0.417. The number of methoxy groups -OCH3 is 1. The maximum Gasteiger partial charge on any atom is 0.255 e. The smallest absolute Gasteiger partial charge is 0.255 e. The third-order valence-corrected chi connectivity index (χ3v) is 2.64. The van der Waals surface area contributed by atoms with Crippen molar-refractivity contribution in [3.05, 3.63) is 23.8 Å². The summed E-state index contributed by atoms with van der Waals surface area (Å²) in [4.78, 5) is 11.9. The fourth-order valence-electron chi connectivity index (χ4n) is 1.51. The molecule has 18 heavy (non-hydrogen) atoms. The first-order chi connectivity index (χ1) is 8.60. The molecule has 0 spiro atoms. The highest BCUT2D eigenvalue weighted by atomic mass is 35.5. The monoisotopic (exact) mass is 273 g/mol. The number of phenolic OH excluding ortho intramolecular Hbond substituents is 2. The van der Waals surface area contributed by atoms with Crippen molar-refractivity contribution < 1.29 is 19.7 Å². The molecule has 100 valence electrons. The molecule has 5 nitrogen and oxygen atoms in total. The fourth-order valence-corrected chi connectivity index (χ4v) is 1.77. The number of amides is 1. The van der Waals surface area contributed by atoms with Crippen LogP contribution in [0.25, 0.3) is 0 Å². The van der Waals surface area contributed by atoms with Crippen LogP contribution in [0.2, 0.25) is 0 Å². The molecular formula is C12H16ClNO4. The Morgan fingerprint density at radius 3 is 2.83 bits per heavy atom. The maximum atomic E-state index is 11.9. The molecule has 0 saturated carbocycles. The van der Waals surface area contributed by atoms with Crippen molar-refractivity contribution in [2.24, 2.45) is 0 Å². The minimum absolute atomic E-state index is 0.0191. The van der Waals surface area contributed by atoms with Crippen LogP contribution in [0.4, 0.5) is 0 Å². The van der Waals surface area contributed by atoms with E-state index < -0.39 is 11.7 Å². The van der Waals surface area contributed by atoms with Crippen LogP contribution in [0.1, 0.15) is 16.8 Å². The van der Waals surface area contributed by atoms with Crippen LogP contribution in [-0.4, -0.2) is 41.8 Å². The summed E-state index contributed by atoms with van der Waals surface area (Å²) in [5.74, 6) is -0.851. The van der Waals surface area contributed by atoms with Crippen molar-refractivity contribution in [1.29, 1.82) is 0 Å². The quantitative estimate of drug-likeness (QED) is 0.542. The van der Waals surface area contributed by atoms with Gasteiger partial charge in [0, 0.05) is 13.0 Å². The summed E-state index contributed by atoms with van der Waals surface area (Å²) in [6.07, 6.45) is 0.556. The Morgan fingerprint density at radius 2 is 2.22 bits per heavy atom. The van der Waals surface area contributed by atoms with E-state index in [0.29, 0.717) is 18.9 Å². The molecule has 0 bridgehead atoms. The van der Waals surface area contributed by atoms with Gasteiger partial charge in [-0.2, -0.15) is 0 Å². The van der Waals surface area contributed by atoms with Crippen molar-refractivity contribution >= 4 is 17.5 Å². The van der Waals surface area contributed by atoms with Gasteiger partial charge in [-0.1, -0.05) is 6.07 Å². The molecule has 0 fully saturated rings. The molecule has 1 aromatic rings. The van der Waals surface area contributed by atoms with E-state index in [4.69, 9.17) is 16.3 Å². The second-order valence-electron chi connectivity index (χ2n) is 3.78. The predicted octanol–water partition coefficient (Wildman–Crippen LogP) is 1.47. The molecule has 1 amide bonds. The number of rotatable bonds is 6. The molecule has 1 aromatic carbocycles. The number of hydrogen-bond acceptors (Lipinski definition) is 4. The predicted molar refractivity (Wildman–Crippen MR) is 68.2 cm³/mol.